The maximum atomic E-state index is 13.1. The number of nitrogens with zero attached hydrogens (tertiary/aromatic N) is 5. The summed E-state index contributed by atoms with van der Waals surface area (Å²) in [6, 6.07) is 23.1. The van der Waals surface area contributed by atoms with E-state index >= 15 is 0 Å². The first-order chi connectivity index (χ1) is 20.3. The van der Waals surface area contributed by atoms with Crippen molar-refractivity contribution < 1.29 is 9.59 Å². The Balaban J connectivity index is 1.14. The maximum Gasteiger partial charge on any atom is 0.185 e. The van der Waals surface area contributed by atoms with Crippen molar-refractivity contribution in [1.29, 1.82) is 0 Å². The average Bonchev–Trinajstić information content (AvgIpc) is 3.02. The summed E-state index contributed by atoms with van der Waals surface area (Å²) in [5.41, 5.74) is 5.00. The van der Waals surface area contributed by atoms with Gasteiger partial charge in [-0.15, -0.1) is 0 Å². The molecule has 0 unspecified atom stereocenters. The zero-order valence-electron chi connectivity index (χ0n) is 25.6. The first kappa shape index (κ1) is 29.9. The molecule has 2 saturated heterocycles. The Morgan fingerprint density at radius 2 is 0.976 bits per heavy atom. The number of hydrogen-bond acceptors (Lipinski definition) is 7. The predicted octanol–water partition coefficient (Wildman–Crippen LogP) is 4.99. The van der Waals surface area contributed by atoms with Crippen LogP contribution in [0.4, 0.5) is 11.4 Å². The lowest BCUT2D eigenvalue weighted by Gasteiger charge is -2.36. The third kappa shape index (κ3) is 7.44. The molecule has 1 aromatic heterocycles. The Bertz CT molecular complexity index is 1240. The highest BCUT2D eigenvalue weighted by atomic mass is 16.1. The largest absolute Gasteiger partial charge is 0.371 e. The second kappa shape index (κ2) is 13.6. The van der Waals surface area contributed by atoms with Gasteiger partial charge in [-0.05, 0) is 101 Å². The van der Waals surface area contributed by atoms with Crippen LogP contribution in [0.15, 0.2) is 66.7 Å². The molecule has 3 heterocycles. The molecular weight excluding hydrogens is 522 g/mol. The molecule has 0 amide bonds. The highest BCUT2D eigenvalue weighted by Crippen LogP contribution is 2.24. The van der Waals surface area contributed by atoms with E-state index in [1.165, 1.54) is 11.4 Å². The van der Waals surface area contributed by atoms with Crippen LogP contribution in [0.25, 0.3) is 0 Å². The van der Waals surface area contributed by atoms with E-state index in [1.54, 1.807) is 18.2 Å². The third-order valence-electron chi connectivity index (χ3n) is 9.04. The number of piperidine rings is 2. The summed E-state index contributed by atoms with van der Waals surface area (Å²) in [5, 5.41) is 0. The number of ketones is 2. The number of carbonyl (C=O) groups is 2. The fraction of sp³-hybridized carbons (Fsp3) is 0.457. The zero-order valence-corrected chi connectivity index (χ0v) is 25.6. The zero-order chi connectivity index (χ0) is 29.6. The van der Waals surface area contributed by atoms with Gasteiger partial charge in [0.25, 0.3) is 0 Å². The van der Waals surface area contributed by atoms with Crippen LogP contribution in [0.5, 0.6) is 0 Å². The summed E-state index contributed by atoms with van der Waals surface area (Å²) in [7, 11) is 8.62. The highest BCUT2D eigenvalue weighted by molar-refractivity contribution is 5.99. The standard InChI is InChI=1S/C35H45N5O2/c1-37(2)28-16-20-39(21-17-28)30-12-8-26(9-13-30)24-34(41)32-6-5-7-33(36-32)35(42)25-27-10-14-31(15-11-27)40-22-18-29(19-23-40)38(3)4/h5-15,28-29H,16-25H2,1-4H3. The van der Waals surface area contributed by atoms with E-state index in [2.05, 4.69) is 77.0 Å². The van der Waals surface area contributed by atoms with Gasteiger partial charge < -0.3 is 19.6 Å². The summed E-state index contributed by atoms with van der Waals surface area (Å²) < 4.78 is 0. The van der Waals surface area contributed by atoms with Crippen molar-refractivity contribution in [2.24, 2.45) is 0 Å². The van der Waals surface area contributed by atoms with Crippen LogP contribution in [0.3, 0.4) is 0 Å². The average molecular weight is 568 g/mol. The van der Waals surface area contributed by atoms with Gasteiger partial charge in [0.05, 0.1) is 0 Å². The second-order valence-electron chi connectivity index (χ2n) is 12.3. The molecular formula is C35H45N5O2. The Kier molecular flexibility index (Phi) is 9.70. The fourth-order valence-electron chi connectivity index (χ4n) is 6.23. The van der Waals surface area contributed by atoms with Crippen LogP contribution in [0.1, 0.15) is 57.8 Å². The van der Waals surface area contributed by atoms with Gasteiger partial charge in [-0.3, -0.25) is 9.59 Å². The van der Waals surface area contributed by atoms with Crippen molar-refractivity contribution in [2.75, 3.05) is 64.2 Å². The van der Waals surface area contributed by atoms with E-state index in [9.17, 15) is 9.59 Å². The topological polar surface area (TPSA) is 60.0 Å². The van der Waals surface area contributed by atoms with Crippen molar-refractivity contribution in [3.05, 3.63) is 89.2 Å². The van der Waals surface area contributed by atoms with E-state index in [0.29, 0.717) is 23.5 Å². The van der Waals surface area contributed by atoms with Crippen LogP contribution in [0.2, 0.25) is 0 Å². The molecule has 222 valence electrons. The predicted molar refractivity (Wildman–Crippen MR) is 171 cm³/mol. The molecule has 42 heavy (non-hydrogen) atoms. The number of anilines is 2. The summed E-state index contributed by atoms with van der Waals surface area (Å²) in [4.78, 5) is 40.1. The number of aromatic nitrogens is 1. The molecule has 0 N–H and O–H groups in total. The lowest BCUT2D eigenvalue weighted by Crippen LogP contribution is -2.41. The number of benzene rings is 2. The van der Waals surface area contributed by atoms with Crippen molar-refractivity contribution in [1.82, 2.24) is 14.8 Å². The SMILES string of the molecule is CN(C)C1CCN(c2ccc(CC(=O)c3cccc(C(=O)Cc4ccc(N5CCC(N(C)C)CC5)cc4)n3)cc2)CC1. The summed E-state index contributed by atoms with van der Waals surface area (Å²) >= 11 is 0. The van der Waals surface area contributed by atoms with Crippen molar-refractivity contribution in [3.8, 4) is 0 Å². The molecule has 2 fully saturated rings. The fourth-order valence-corrected chi connectivity index (χ4v) is 6.23. The first-order valence-corrected chi connectivity index (χ1v) is 15.3. The Morgan fingerprint density at radius 3 is 1.31 bits per heavy atom. The summed E-state index contributed by atoms with van der Waals surface area (Å²) in [5.74, 6) is -0.154. The monoisotopic (exact) mass is 567 g/mol. The minimum Gasteiger partial charge on any atom is -0.371 e. The van der Waals surface area contributed by atoms with E-state index in [1.807, 2.05) is 24.3 Å². The molecule has 0 aliphatic carbocycles. The molecule has 5 rings (SSSR count). The summed E-state index contributed by atoms with van der Waals surface area (Å²) in [6.45, 7) is 4.19. The molecule has 0 saturated carbocycles. The number of Topliss-reactive ketones (excluding diaryl/α,β-unsaturated/α-hetero) is 2. The van der Waals surface area contributed by atoms with Crippen LogP contribution in [-0.2, 0) is 12.8 Å². The minimum atomic E-state index is -0.0772. The highest BCUT2D eigenvalue weighted by Gasteiger charge is 2.22. The van der Waals surface area contributed by atoms with Gasteiger partial charge in [-0.2, -0.15) is 0 Å². The molecule has 0 bridgehead atoms. The Hall–Kier alpha value is -3.55. The minimum absolute atomic E-state index is 0.0772. The maximum absolute atomic E-state index is 13.1. The first-order valence-electron chi connectivity index (χ1n) is 15.3. The Labute approximate surface area is 251 Å². The van der Waals surface area contributed by atoms with E-state index in [0.717, 1.165) is 63.0 Å². The Morgan fingerprint density at radius 1 is 0.619 bits per heavy atom. The van der Waals surface area contributed by atoms with Gasteiger partial charge in [0.1, 0.15) is 11.4 Å². The molecule has 3 aromatic rings. The van der Waals surface area contributed by atoms with Crippen molar-refractivity contribution in [3.63, 3.8) is 0 Å². The number of pyridine rings is 1. The lowest BCUT2D eigenvalue weighted by molar-refractivity contribution is 0.0984. The van der Waals surface area contributed by atoms with Gasteiger partial charge >= 0.3 is 0 Å². The van der Waals surface area contributed by atoms with Crippen LogP contribution in [-0.4, -0.2) is 92.8 Å². The molecule has 2 aliphatic rings. The molecule has 0 spiro atoms. The summed E-state index contributed by atoms with van der Waals surface area (Å²) in [6.07, 6.45) is 5.18. The van der Waals surface area contributed by atoms with Crippen LogP contribution in [0, 0.1) is 0 Å². The van der Waals surface area contributed by atoms with Crippen molar-refractivity contribution >= 4 is 22.9 Å². The van der Waals surface area contributed by atoms with Gasteiger partial charge in [0, 0.05) is 62.5 Å². The molecule has 7 heteroatoms. The number of hydrogen-bond donors (Lipinski definition) is 0. The van der Waals surface area contributed by atoms with Crippen molar-refractivity contribution in [2.45, 2.75) is 50.6 Å². The third-order valence-corrected chi connectivity index (χ3v) is 9.04. The second-order valence-corrected chi connectivity index (χ2v) is 12.3. The molecule has 2 aliphatic heterocycles. The van der Waals surface area contributed by atoms with Gasteiger partial charge in [0.2, 0.25) is 0 Å². The molecule has 0 radical (unpaired) electrons. The molecule has 7 nitrogen and oxygen atoms in total. The van der Waals surface area contributed by atoms with Crippen LogP contribution >= 0.6 is 0 Å². The van der Waals surface area contributed by atoms with Gasteiger partial charge in [0.15, 0.2) is 11.6 Å². The number of rotatable bonds is 10. The van der Waals surface area contributed by atoms with Gasteiger partial charge in [-0.25, -0.2) is 4.98 Å². The normalized spacial score (nSPS) is 16.8. The van der Waals surface area contributed by atoms with E-state index in [4.69, 9.17) is 0 Å². The van der Waals surface area contributed by atoms with Crippen LogP contribution < -0.4 is 9.80 Å². The van der Waals surface area contributed by atoms with E-state index in [-0.39, 0.29) is 24.4 Å². The smallest absolute Gasteiger partial charge is 0.185 e. The molecule has 2 aromatic carbocycles. The van der Waals surface area contributed by atoms with Gasteiger partial charge in [-0.1, -0.05) is 30.3 Å². The molecule has 0 atom stereocenters. The van der Waals surface area contributed by atoms with E-state index < -0.39 is 0 Å². The lowest BCUT2D eigenvalue weighted by atomic mass is 10.0. The quantitative estimate of drug-likeness (QED) is 0.320. The number of carbonyl (C=O) groups excluding carboxylic acids is 2.